The highest BCUT2D eigenvalue weighted by Gasteiger charge is 2.32. The van der Waals surface area contributed by atoms with Gasteiger partial charge in [0.15, 0.2) is 0 Å². The fourth-order valence-corrected chi connectivity index (χ4v) is 4.14. The zero-order chi connectivity index (χ0) is 23.0. The second-order valence-electron chi connectivity index (χ2n) is 6.85. The molecule has 1 atom stereocenters. The van der Waals surface area contributed by atoms with Crippen molar-refractivity contribution in [2.24, 2.45) is 5.73 Å². The number of amides is 3. The number of thioether (sulfide) groups is 1. The van der Waals surface area contributed by atoms with Crippen molar-refractivity contribution in [2.75, 3.05) is 6.54 Å². The van der Waals surface area contributed by atoms with Crippen molar-refractivity contribution >= 4 is 58.1 Å². The predicted octanol–water partition coefficient (Wildman–Crippen LogP) is 2.06. The lowest BCUT2D eigenvalue weighted by Crippen LogP contribution is -2.42. The average molecular weight is 462 g/mol. The number of aliphatic carboxylic acids is 1. The van der Waals surface area contributed by atoms with Crippen molar-refractivity contribution in [1.82, 2.24) is 10.2 Å². The summed E-state index contributed by atoms with van der Waals surface area (Å²) in [7, 11) is 0. The highest BCUT2D eigenvalue weighted by atomic mass is 32.2. The summed E-state index contributed by atoms with van der Waals surface area (Å²) in [5, 5.41) is 11.5. The molecule has 1 saturated heterocycles. The minimum Gasteiger partial charge on any atom is -0.480 e. The van der Waals surface area contributed by atoms with Crippen molar-refractivity contribution in [3.05, 3.63) is 52.4 Å². The first-order valence-electron chi connectivity index (χ1n) is 9.46. The molecule has 164 valence electrons. The van der Waals surface area contributed by atoms with Gasteiger partial charge in [-0.3, -0.25) is 19.3 Å². The number of carbonyl (C=O) groups excluding carboxylic acids is 3. The molecule has 1 aromatic carbocycles. The van der Waals surface area contributed by atoms with E-state index in [-0.39, 0.29) is 31.7 Å². The summed E-state index contributed by atoms with van der Waals surface area (Å²) in [5.74, 6) is -2.77. The predicted molar refractivity (Wildman–Crippen MR) is 123 cm³/mol. The van der Waals surface area contributed by atoms with E-state index in [0.717, 1.165) is 22.9 Å². The van der Waals surface area contributed by atoms with Crippen molar-refractivity contribution < 1.29 is 24.3 Å². The lowest BCUT2D eigenvalue weighted by atomic mass is 10.1. The van der Waals surface area contributed by atoms with Gasteiger partial charge in [0.1, 0.15) is 10.4 Å². The van der Waals surface area contributed by atoms with Crippen LogP contribution in [0.1, 0.15) is 31.7 Å². The molecule has 8 nitrogen and oxygen atoms in total. The monoisotopic (exact) mass is 461 g/mol. The molecule has 1 aliphatic heterocycles. The Hall–Kier alpha value is -2.98. The van der Waals surface area contributed by atoms with Crippen molar-refractivity contribution in [2.45, 2.75) is 32.2 Å². The van der Waals surface area contributed by atoms with Crippen LogP contribution >= 0.6 is 24.0 Å². The third-order valence-electron chi connectivity index (χ3n) is 4.30. The van der Waals surface area contributed by atoms with Crippen LogP contribution in [0.5, 0.6) is 0 Å². The molecule has 0 spiro atoms. The number of nitrogens with two attached hydrogens (primary N) is 1. The fraction of sp³-hybridized carbons (Fsp3) is 0.286. The molecular formula is C21H23N3O5S2. The maximum atomic E-state index is 12.7. The molecule has 0 radical (unpaired) electrons. The van der Waals surface area contributed by atoms with Crippen LogP contribution in [-0.2, 0) is 19.2 Å². The lowest BCUT2D eigenvalue weighted by Gasteiger charge is -2.16. The number of hydrogen-bond donors (Lipinski definition) is 3. The van der Waals surface area contributed by atoms with Crippen molar-refractivity contribution in [3.63, 3.8) is 0 Å². The Labute approximate surface area is 189 Å². The van der Waals surface area contributed by atoms with Crippen LogP contribution in [-0.4, -0.2) is 50.6 Å². The number of primary amides is 1. The van der Waals surface area contributed by atoms with Gasteiger partial charge in [0.25, 0.3) is 5.91 Å². The minimum absolute atomic E-state index is 0.0252. The molecule has 1 aromatic rings. The van der Waals surface area contributed by atoms with Crippen LogP contribution in [0.15, 0.2) is 46.9 Å². The molecule has 1 aliphatic rings. The molecule has 0 aromatic heterocycles. The Morgan fingerprint density at radius 3 is 2.55 bits per heavy atom. The summed E-state index contributed by atoms with van der Waals surface area (Å²) >= 11 is 6.41. The van der Waals surface area contributed by atoms with E-state index in [1.54, 1.807) is 6.08 Å². The molecular weight excluding hydrogens is 438 g/mol. The van der Waals surface area contributed by atoms with Gasteiger partial charge in [0.05, 0.1) is 4.91 Å². The molecule has 1 heterocycles. The van der Waals surface area contributed by atoms with E-state index in [4.69, 9.17) is 23.1 Å². The largest absolute Gasteiger partial charge is 0.480 e. The SMILES string of the molecule is CC(=C\c1ccccc1)/C=C1/SC(=S)N(CCC(=O)N[C@@H](CCC(N)=O)C(=O)O)C1=O. The van der Waals surface area contributed by atoms with Crippen molar-refractivity contribution in [3.8, 4) is 0 Å². The van der Waals surface area contributed by atoms with Gasteiger partial charge in [0.2, 0.25) is 11.8 Å². The Balaban J connectivity index is 1.95. The molecule has 0 saturated carbocycles. The molecule has 3 amide bonds. The standard InChI is InChI=1S/C21H23N3O5S2/c1-13(11-14-5-3-2-4-6-14)12-16-19(27)24(21(30)31-16)10-9-18(26)23-15(20(28)29)7-8-17(22)25/h2-6,11-12,15H,7-10H2,1H3,(H2,22,25)(H,23,26)(H,28,29)/b13-11+,16-12+/t15-/m0/s1. The van der Waals surface area contributed by atoms with E-state index in [0.29, 0.717) is 9.23 Å². The Morgan fingerprint density at radius 1 is 1.26 bits per heavy atom. The number of nitrogens with one attached hydrogen (secondary N) is 1. The number of hydrogen-bond acceptors (Lipinski definition) is 6. The Morgan fingerprint density at radius 2 is 1.94 bits per heavy atom. The van der Waals surface area contributed by atoms with E-state index < -0.39 is 23.8 Å². The molecule has 2 rings (SSSR count). The third kappa shape index (κ3) is 7.65. The topological polar surface area (TPSA) is 130 Å². The molecule has 10 heteroatoms. The summed E-state index contributed by atoms with van der Waals surface area (Å²) in [6, 6.07) is 8.45. The normalized spacial score (nSPS) is 16.5. The molecule has 0 bridgehead atoms. The summed E-state index contributed by atoms with van der Waals surface area (Å²) in [4.78, 5) is 48.6. The van der Waals surface area contributed by atoms with Crippen LogP contribution < -0.4 is 11.1 Å². The Kier molecular flexibility index (Phi) is 8.95. The van der Waals surface area contributed by atoms with Crippen LogP contribution in [0.3, 0.4) is 0 Å². The van der Waals surface area contributed by atoms with Gasteiger partial charge in [-0.2, -0.15) is 0 Å². The van der Waals surface area contributed by atoms with Crippen LogP contribution in [0.25, 0.3) is 6.08 Å². The number of rotatable bonds is 10. The van der Waals surface area contributed by atoms with Gasteiger partial charge in [-0.05, 0) is 30.6 Å². The lowest BCUT2D eigenvalue weighted by molar-refractivity contribution is -0.142. The maximum Gasteiger partial charge on any atom is 0.326 e. The summed E-state index contributed by atoms with van der Waals surface area (Å²) < 4.78 is 0.333. The average Bonchev–Trinajstić information content (AvgIpc) is 2.96. The minimum atomic E-state index is -1.26. The van der Waals surface area contributed by atoms with E-state index >= 15 is 0 Å². The number of carbonyl (C=O) groups is 4. The first kappa shape index (κ1) is 24.3. The zero-order valence-corrected chi connectivity index (χ0v) is 18.5. The number of thiocarbonyl (C=S) groups is 1. The molecule has 0 unspecified atom stereocenters. The quantitative estimate of drug-likeness (QED) is 0.359. The maximum absolute atomic E-state index is 12.7. The smallest absolute Gasteiger partial charge is 0.326 e. The van der Waals surface area contributed by atoms with Crippen LogP contribution in [0, 0.1) is 0 Å². The van der Waals surface area contributed by atoms with Crippen LogP contribution in [0.4, 0.5) is 0 Å². The molecule has 31 heavy (non-hydrogen) atoms. The molecule has 0 aliphatic carbocycles. The van der Waals surface area contributed by atoms with Gasteiger partial charge >= 0.3 is 5.97 Å². The third-order valence-corrected chi connectivity index (χ3v) is 5.68. The highest BCUT2D eigenvalue weighted by molar-refractivity contribution is 8.26. The fourth-order valence-electron chi connectivity index (χ4n) is 2.78. The highest BCUT2D eigenvalue weighted by Crippen LogP contribution is 2.32. The van der Waals surface area contributed by atoms with Crippen molar-refractivity contribution in [1.29, 1.82) is 0 Å². The molecule has 1 fully saturated rings. The molecule has 4 N–H and O–H groups in total. The summed E-state index contributed by atoms with van der Waals surface area (Å²) in [6.45, 7) is 1.91. The first-order chi connectivity index (χ1) is 14.7. The zero-order valence-electron chi connectivity index (χ0n) is 16.9. The van der Waals surface area contributed by atoms with Crippen LogP contribution in [0.2, 0.25) is 0 Å². The van der Waals surface area contributed by atoms with Gasteiger partial charge in [-0.25, -0.2) is 4.79 Å². The number of allylic oxidation sites excluding steroid dienone is 2. The van der Waals surface area contributed by atoms with Gasteiger partial charge in [-0.15, -0.1) is 0 Å². The van der Waals surface area contributed by atoms with E-state index in [1.165, 1.54) is 4.90 Å². The first-order valence-corrected chi connectivity index (χ1v) is 10.7. The summed E-state index contributed by atoms with van der Waals surface area (Å²) in [6.07, 6.45) is 3.30. The number of benzene rings is 1. The Bertz CT molecular complexity index is 944. The number of nitrogens with zero attached hydrogens (tertiary/aromatic N) is 1. The van der Waals surface area contributed by atoms with Gasteiger partial charge < -0.3 is 16.2 Å². The number of carboxylic acids is 1. The van der Waals surface area contributed by atoms with E-state index in [9.17, 15) is 19.2 Å². The summed E-state index contributed by atoms with van der Waals surface area (Å²) in [5.41, 5.74) is 6.90. The van der Waals surface area contributed by atoms with Gasteiger partial charge in [-0.1, -0.05) is 60.4 Å². The van der Waals surface area contributed by atoms with Gasteiger partial charge in [0, 0.05) is 19.4 Å². The second kappa shape index (κ2) is 11.4. The second-order valence-corrected chi connectivity index (χ2v) is 8.52. The van der Waals surface area contributed by atoms with E-state index in [2.05, 4.69) is 5.32 Å². The van der Waals surface area contributed by atoms with E-state index in [1.807, 2.05) is 43.3 Å². The number of carboxylic acid groups (broad SMARTS) is 1.